The summed E-state index contributed by atoms with van der Waals surface area (Å²) in [6, 6.07) is 1.80. The Morgan fingerprint density at radius 1 is 1.42 bits per heavy atom. The third-order valence-corrected chi connectivity index (χ3v) is 2.61. The molecule has 6 nitrogen and oxygen atoms in total. The minimum atomic E-state index is -0.893. The van der Waals surface area contributed by atoms with Gasteiger partial charge in [-0.25, -0.2) is 0 Å². The maximum absolute atomic E-state index is 11.8. The number of amides is 1. The Hall–Kier alpha value is -2.11. The van der Waals surface area contributed by atoms with Crippen molar-refractivity contribution in [2.45, 2.75) is 19.8 Å². The summed E-state index contributed by atoms with van der Waals surface area (Å²) in [4.78, 5) is 28.2. The zero-order valence-corrected chi connectivity index (χ0v) is 11.4. The zero-order valence-electron chi connectivity index (χ0n) is 11.4. The van der Waals surface area contributed by atoms with E-state index in [4.69, 9.17) is 5.11 Å². The van der Waals surface area contributed by atoms with Gasteiger partial charge in [0.15, 0.2) is 0 Å². The highest BCUT2D eigenvalue weighted by atomic mass is 16.4. The fourth-order valence-electron chi connectivity index (χ4n) is 1.76. The van der Waals surface area contributed by atoms with Crippen molar-refractivity contribution in [1.29, 1.82) is 0 Å². The Morgan fingerprint density at radius 3 is 2.68 bits per heavy atom. The van der Waals surface area contributed by atoms with E-state index in [1.807, 2.05) is 19.0 Å². The second kappa shape index (κ2) is 6.72. The van der Waals surface area contributed by atoms with E-state index < -0.39 is 5.97 Å². The van der Waals surface area contributed by atoms with E-state index in [9.17, 15) is 9.59 Å². The van der Waals surface area contributed by atoms with Gasteiger partial charge in [-0.05, 0) is 12.0 Å². The molecule has 0 bridgehead atoms. The number of carboxylic acid groups (broad SMARTS) is 1. The topological polar surface area (TPSA) is 82.5 Å². The molecule has 104 valence electrons. The summed E-state index contributed by atoms with van der Waals surface area (Å²) in [6.07, 6.45) is 3.39. The van der Waals surface area contributed by atoms with Crippen LogP contribution in [0, 0.1) is 5.92 Å². The molecule has 2 N–H and O–H groups in total. The lowest BCUT2D eigenvalue weighted by Gasteiger charge is -2.17. The van der Waals surface area contributed by atoms with Gasteiger partial charge in [-0.3, -0.25) is 14.6 Å². The van der Waals surface area contributed by atoms with E-state index in [0.29, 0.717) is 5.69 Å². The molecule has 1 aromatic rings. The number of nitrogens with zero attached hydrogens (tertiary/aromatic N) is 2. The van der Waals surface area contributed by atoms with Gasteiger partial charge in [0.1, 0.15) is 0 Å². The highest BCUT2D eigenvalue weighted by Crippen LogP contribution is 2.22. The van der Waals surface area contributed by atoms with Crippen LogP contribution in [-0.2, 0) is 9.59 Å². The Balaban J connectivity index is 2.64. The highest BCUT2D eigenvalue weighted by molar-refractivity contribution is 5.94. The summed E-state index contributed by atoms with van der Waals surface area (Å²) in [7, 11) is 3.75. The first-order valence-electron chi connectivity index (χ1n) is 6.03. The average molecular weight is 265 g/mol. The molecule has 0 radical (unpaired) electrons. The van der Waals surface area contributed by atoms with Crippen LogP contribution in [0.5, 0.6) is 0 Å². The van der Waals surface area contributed by atoms with Gasteiger partial charge in [-0.1, -0.05) is 6.92 Å². The highest BCUT2D eigenvalue weighted by Gasteiger charge is 2.14. The molecule has 0 aliphatic heterocycles. The molecule has 19 heavy (non-hydrogen) atoms. The average Bonchev–Trinajstić information content (AvgIpc) is 2.27. The quantitative estimate of drug-likeness (QED) is 0.816. The van der Waals surface area contributed by atoms with E-state index in [-0.39, 0.29) is 24.7 Å². The standard InChI is InChI=1S/C13H19N3O3/c1-9(7-13(18)19)6-12(17)15-10-8-14-5-4-11(10)16(2)3/h4-5,8-9H,6-7H2,1-3H3,(H,15,17)(H,18,19). The molecule has 1 heterocycles. The van der Waals surface area contributed by atoms with E-state index >= 15 is 0 Å². The van der Waals surface area contributed by atoms with Crippen molar-refractivity contribution >= 4 is 23.3 Å². The third-order valence-electron chi connectivity index (χ3n) is 2.61. The molecule has 0 aliphatic carbocycles. The van der Waals surface area contributed by atoms with Gasteiger partial charge < -0.3 is 15.3 Å². The molecule has 1 unspecified atom stereocenters. The van der Waals surface area contributed by atoms with Gasteiger partial charge >= 0.3 is 5.97 Å². The predicted molar refractivity (Wildman–Crippen MR) is 73.2 cm³/mol. The Morgan fingerprint density at radius 2 is 2.11 bits per heavy atom. The first kappa shape index (κ1) is 14.9. The van der Waals surface area contributed by atoms with Gasteiger partial charge in [0, 0.05) is 33.1 Å². The van der Waals surface area contributed by atoms with Crippen molar-refractivity contribution < 1.29 is 14.7 Å². The second-order valence-electron chi connectivity index (χ2n) is 4.74. The molecular weight excluding hydrogens is 246 g/mol. The maximum Gasteiger partial charge on any atom is 0.303 e. The molecule has 1 atom stereocenters. The number of hydrogen-bond acceptors (Lipinski definition) is 4. The van der Waals surface area contributed by atoms with Crippen LogP contribution in [0.4, 0.5) is 11.4 Å². The largest absolute Gasteiger partial charge is 0.481 e. The van der Waals surface area contributed by atoms with Crippen molar-refractivity contribution in [3.05, 3.63) is 18.5 Å². The van der Waals surface area contributed by atoms with Gasteiger partial charge in [0.05, 0.1) is 17.6 Å². The first-order valence-corrected chi connectivity index (χ1v) is 6.03. The number of carboxylic acids is 1. The number of aromatic nitrogens is 1. The summed E-state index contributed by atoms with van der Waals surface area (Å²) < 4.78 is 0. The van der Waals surface area contributed by atoms with Crippen molar-refractivity contribution in [2.24, 2.45) is 5.92 Å². The number of carbonyl (C=O) groups excluding carboxylic acids is 1. The minimum absolute atomic E-state index is 0.0129. The SMILES string of the molecule is CC(CC(=O)O)CC(=O)Nc1cnccc1N(C)C. The van der Waals surface area contributed by atoms with Gasteiger partial charge in [-0.15, -0.1) is 0 Å². The van der Waals surface area contributed by atoms with Crippen LogP contribution < -0.4 is 10.2 Å². The third kappa shape index (κ3) is 4.95. The smallest absolute Gasteiger partial charge is 0.303 e. The van der Waals surface area contributed by atoms with Crippen LogP contribution in [0.3, 0.4) is 0 Å². The Labute approximate surface area is 112 Å². The summed E-state index contributed by atoms with van der Waals surface area (Å²) >= 11 is 0. The van der Waals surface area contributed by atoms with Crippen LogP contribution in [-0.4, -0.2) is 36.1 Å². The minimum Gasteiger partial charge on any atom is -0.481 e. The van der Waals surface area contributed by atoms with E-state index in [1.54, 1.807) is 25.4 Å². The summed E-state index contributed by atoms with van der Waals surface area (Å²) in [5.74, 6) is -1.29. The number of aliphatic carboxylic acids is 1. The maximum atomic E-state index is 11.8. The van der Waals surface area contributed by atoms with Crippen LogP contribution >= 0.6 is 0 Å². The molecular formula is C13H19N3O3. The zero-order chi connectivity index (χ0) is 14.4. The van der Waals surface area contributed by atoms with Crippen LogP contribution in [0.2, 0.25) is 0 Å². The lowest BCUT2D eigenvalue weighted by Crippen LogP contribution is -2.19. The van der Waals surface area contributed by atoms with Crippen molar-refractivity contribution in [3.8, 4) is 0 Å². The fourth-order valence-corrected chi connectivity index (χ4v) is 1.76. The molecule has 6 heteroatoms. The number of nitrogens with one attached hydrogen (secondary N) is 1. The van der Waals surface area contributed by atoms with Gasteiger partial charge in [0.25, 0.3) is 0 Å². The van der Waals surface area contributed by atoms with Gasteiger partial charge in [0.2, 0.25) is 5.91 Å². The molecule has 1 aromatic heterocycles. The summed E-state index contributed by atoms with van der Waals surface area (Å²) in [6.45, 7) is 1.74. The molecule has 0 saturated heterocycles. The van der Waals surface area contributed by atoms with E-state index in [1.165, 1.54) is 0 Å². The Kier molecular flexibility index (Phi) is 5.29. The number of hydrogen-bond donors (Lipinski definition) is 2. The number of carbonyl (C=O) groups is 2. The lowest BCUT2D eigenvalue weighted by atomic mass is 10.0. The second-order valence-corrected chi connectivity index (χ2v) is 4.74. The normalized spacial score (nSPS) is 11.7. The molecule has 0 spiro atoms. The molecule has 0 saturated carbocycles. The van der Waals surface area contributed by atoms with Crippen LogP contribution in [0.25, 0.3) is 0 Å². The molecule has 0 aromatic carbocycles. The number of pyridine rings is 1. The van der Waals surface area contributed by atoms with Crippen LogP contribution in [0.1, 0.15) is 19.8 Å². The molecule has 1 amide bonds. The Bertz CT molecular complexity index is 460. The molecule has 0 aliphatic rings. The van der Waals surface area contributed by atoms with Crippen molar-refractivity contribution in [1.82, 2.24) is 4.98 Å². The monoisotopic (exact) mass is 265 g/mol. The van der Waals surface area contributed by atoms with E-state index in [2.05, 4.69) is 10.3 Å². The fraction of sp³-hybridized carbons (Fsp3) is 0.462. The van der Waals surface area contributed by atoms with Crippen molar-refractivity contribution in [3.63, 3.8) is 0 Å². The van der Waals surface area contributed by atoms with Gasteiger partial charge in [-0.2, -0.15) is 0 Å². The van der Waals surface area contributed by atoms with Crippen LogP contribution in [0.15, 0.2) is 18.5 Å². The molecule has 1 rings (SSSR count). The predicted octanol–water partition coefficient (Wildman–Crippen LogP) is 1.59. The van der Waals surface area contributed by atoms with E-state index in [0.717, 1.165) is 5.69 Å². The summed E-state index contributed by atoms with van der Waals surface area (Å²) in [5.41, 5.74) is 1.48. The lowest BCUT2D eigenvalue weighted by molar-refractivity contribution is -0.138. The summed E-state index contributed by atoms with van der Waals surface area (Å²) in [5, 5.41) is 11.4. The molecule has 0 fully saturated rings. The number of rotatable bonds is 6. The first-order chi connectivity index (χ1) is 8.90. The number of anilines is 2. The van der Waals surface area contributed by atoms with Crippen molar-refractivity contribution in [2.75, 3.05) is 24.3 Å².